The topological polar surface area (TPSA) is 20.2 Å². The lowest BCUT2D eigenvalue weighted by atomic mass is 9.47. The fourth-order valence-corrected chi connectivity index (χ4v) is 8.91. The molecule has 0 amide bonds. The van der Waals surface area contributed by atoms with Crippen molar-refractivity contribution in [2.45, 2.75) is 105 Å². The number of fused-ring (bicyclic) bond motifs is 5. The number of hydrogen-bond donors (Lipinski definition) is 1. The van der Waals surface area contributed by atoms with E-state index < -0.39 is 0 Å². The van der Waals surface area contributed by atoms with Gasteiger partial charge in [-0.05, 0) is 110 Å². The van der Waals surface area contributed by atoms with Crippen molar-refractivity contribution in [2.24, 2.45) is 52.3 Å². The van der Waals surface area contributed by atoms with Crippen molar-refractivity contribution < 1.29 is 5.11 Å². The molecule has 0 aromatic carbocycles. The summed E-state index contributed by atoms with van der Waals surface area (Å²) in [6.45, 7) is 19.2. The van der Waals surface area contributed by atoms with Crippen molar-refractivity contribution in [3.05, 3.63) is 23.8 Å². The first kappa shape index (κ1) is 22.6. The SMILES string of the molecule is C=C(C(C)C)C(C)CC(C)C1CCC2C3=CCC4CC(O)CCC4(C)C3CCC21C. The van der Waals surface area contributed by atoms with E-state index in [2.05, 4.69) is 54.2 Å². The van der Waals surface area contributed by atoms with Crippen LogP contribution in [0, 0.1) is 52.3 Å². The smallest absolute Gasteiger partial charge is 0.0543 e. The summed E-state index contributed by atoms with van der Waals surface area (Å²) in [6, 6.07) is 0. The molecular weight excluding hydrogens is 364 g/mol. The highest BCUT2D eigenvalue weighted by Crippen LogP contribution is 2.67. The van der Waals surface area contributed by atoms with Gasteiger partial charge in [0.1, 0.15) is 0 Å². The Balaban J connectivity index is 1.52. The maximum absolute atomic E-state index is 10.3. The lowest BCUT2D eigenvalue weighted by molar-refractivity contribution is -0.0429. The predicted molar refractivity (Wildman–Crippen MR) is 128 cm³/mol. The fourth-order valence-electron chi connectivity index (χ4n) is 8.91. The van der Waals surface area contributed by atoms with Crippen LogP contribution in [0.1, 0.15) is 99.3 Å². The Kier molecular flexibility index (Phi) is 6.10. The van der Waals surface area contributed by atoms with Crippen LogP contribution in [0.2, 0.25) is 0 Å². The monoisotopic (exact) mass is 412 g/mol. The molecule has 0 aromatic rings. The van der Waals surface area contributed by atoms with Crippen molar-refractivity contribution in [1.29, 1.82) is 0 Å². The molecule has 170 valence electrons. The molecular formula is C29H48O. The van der Waals surface area contributed by atoms with Gasteiger partial charge in [-0.1, -0.05) is 65.3 Å². The first-order valence-electron chi connectivity index (χ1n) is 13.1. The van der Waals surface area contributed by atoms with Gasteiger partial charge in [0.05, 0.1) is 6.10 Å². The fraction of sp³-hybridized carbons (Fsp3) is 0.862. The number of aliphatic hydroxyl groups excluding tert-OH is 1. The van der Waals surface area contributed by atoms with E-state index in [1.165, 1.54) is 50.5 Å². The summed E-state index contributed by atoms with van der Waals surface area (Å²) in [5.41, 5.74) is 4.24. The second kappa shape index (κ2) is 8.09. The van der Waals surface area contributed by atoms with Crippen molar-refractivity contribution in [1.82, 2.24) is 0 Å². The Bertz CT molecular complexity index is 688. The van der Waals surface area contributed by atoms with Crippen LogP contribution in [0.25, 0.3) is 0 Å². The summed E-state index contributed by atoms with van der Waals surface area (Å²) in [6.07, 6.45) is 14.1. The van der Waals surface area contributed by atoms with Crippen LogP contribution in [-0.4, -0.2) is 11.2 Å². The van der Waals surface area contributed by atoms with Gasteiger partial charge >= 0.3 is 0 Å². The maximum atomic E-state index is 10.3. The molecule has 30 heavy (non-hydrogen) atoms. The molecule has 0 spiro atoms. The third-order valence-corrected chi connectivity index (χ3v) is 10.9. The lowest BCUT2D eigenvalue weighted by Crippen LogP contribution is -2.49. The highest BCUT2D eigenvalue weighted by molar-refractivity contribution is 5.27. The van der Waals surface area contributed by atoms with Gasteiger partial charge in [-0.15, -0.1) is 0 Å². The second-order valence-electron chi connectivity index (χ2n) is 12.7. The number of aliphatic hydroxyl groups is 1. The molecule has 0 aliphatic heterocycles. The Morgan fingerprint density at radius 3 is 2.40 bits per heavy atom. The van der Waals surface area contributed by atoms with Crippen LogP contribution < -0.4 is 0 Å². The summed E-state index contributed by atoms with van der Waals surface area (Å²) in [4.78, 5) is 0. The lowest BCUT2D eigenvalue weighted by Gasteiger charge is -2.57. The van der Waals surface area contributed by atoms with E-state index in [0.717, 1.165) is 36.5 Å². The zero-order valence-corrected chi connectivity index (χ0v) is 20.7. The normalized spacial score (nSPS) is 45.2. The molecule has 0 radical (unpaired) electrons. The van der Waals surface area contributed by atoms with E-state index in [4.69, 9.17) is 0 Å². The summed E-state index contributed by atoms with van der Waals surface area (Å²) >= 11 is 0. The molecule has 0 saturated heterocycles. The highest BCUT2D eigenvalue weighted by atomic mass is 16.3. The van der Waals surface area contributed by atoms with Gasteiger partial charge in [-0.3, -0.25) is 0 Å². The average Bonchev–Trinajstić information content (AvgIpc) is 3.05. The van der Waals surface area contributed by atoms with E-state index in [0.29, 0.717) is 28.6 Å². The third-order valence-electron chi connectivity index (χ3n) is 10.9. The minimum Gasteiger partial charge on any atom is -0.393 e. The van der Waals surface area contributed by atoms with E-state index >= 15 is 0 Å². The molecule has 1 nitrogen and oxygen atoms in total. The molecule has 4 aliphatic carbocycles. The molecule has 0 heterocycles. The van der Waals surface area contributed by atoms with Gasteiger partial charge in [0, 0.05) is 0 Å². The largest absolute Gasteiger partial charge is 0.393 e. The van der Waals surface area contributed by atoms with Gasteiger partial charge < -0.3 is 5.11 Å². The van der Waals surface area contributed by atoms with Gasteiger partial charge in [0.25, 0.3) is 0 Å². The molecule has 3 fully saturated rings. The van der Waals surface area contributed by atoms with Crippen LogP contribution in [0.4, 0.5) is 0 Å². The maximum Gasteiger partial charge on any atom is 0.0543 e. The minimum atomic E-state index is -0.0498. The number of allylic oxidation sites excluding steroid dienone is 3. The molecule has 1 heteroatoms. The zero-order chi connectivity index (χ0) is 21.8. The summed E-state index contributed by atoms with van der Waals surface area (Å²) < 4.78 is 0. The molecule has 0 bridgehead atoms. The minimum absolute atomic E-state index is 0.0498. The molecule has 0 aromatic heterocycles. The molecule has 4 rings (SSSR count). The van der Waals surface area contributed by atoms with Crippen molar-refractivity contribution >= 4 is 0 Å². The van der Waals surface area contributed by atoms with Gasteiger partial charge in [-0.25, -0.2) is 0 Å². The molecule has 1 N–H and O–H groups in total. The summed E-state index contributed by atoms with van der Waals surface area (Å²) in [7, 11) is 0. The van der Waals surface area contributed by atoms with Crippen LogP contribution in [-0.2, 0) is 0 Å². The van der Waals surface area contributed by atoms with Crippen LogP contribution in [0.3, 0.4) is 0 Å². The number of rotatable bonds is 5. The Morgan fingerprint density at radius 2 is 1.70 bits per heavy atom. The molecule has 3 saturated carbocycles. The van der Waals surface area contributed by atoms with E-state index in [1.807, 2.05) is 5.57 Å². The van der Waals surface area contributed by atoms with E-state index in [1.54, 1.807) is 0 Å². The third kappa shape index (κ3) is 3.56. The van der Waals surface area contributed by atoms with Gasteiger partial charge in [-0.2, -0.15) is 0 Å². The van der Waals surface area contributed by atoms with Crippen LogP contribution in [0.5, 0.6) is 0 Å². The Labute approximate surface area is 186 Å². The predicted octanol–water partition coefficient (Wildman–Crippen LogP) is 7.80. The molecule has 9 unspecified atom stereocenters. The second-order valence-corrected chi connectivity index (χ2v) is 12.7. The van der Waals surface area contributed by atoms with Crippen LogP contribution >= 0.6 is 0 Å². The Hall–Kier alpha value is -0.560. The van der Waals surface area contributed by atoms with Crippen molar-refractivity contribution in [2.75, 3.05) is 0 Å². The van der Waals surface area contributed by atoms with Gasteiger partial charge in [0.15, 0.2) is 0 Å². The molecule has 9 atom stereocenters. The first-order chi connectivity index (χ1) is 14.1. The quantitative estimate of drug-likeness (QED) is 0.457. The number of hydrogen-bond acceptors (Lipinski definition) is 1. The van der Waals surface area contributed by atoms with Gasteiger partial charge in [0.2, 0.25) is 0 Å². The van der Waals surface area contributed by atoms with E-state index in [9.17, 15) is 5.11 Å². The Morgan fingerprint density at radius 1 is 1.03 bits per heavy atom. The summed E-state index contributed by atoms with van der Waals surface area (Å²) in [5, 5.41) is 10.3. The molecule has 4 aliphatic rings. The average molecular weight is 413 g/mol. The van der Waals surface area contributed by atoms with Crippen molar-refractivity contribution in [3.8, 4) is 0 Å². The standard InChI is InChI=1S/C29H48O/c1-18(2)21(5)19(3)16-20(4)25-10-11-26-24-9-8-22-17-23(30)12-14-28(22,6)27(24)13-15-29(25,26)7/h9,18-20,22-23,25-27,30H,5,8,10-17H2,1-4,6-7H3. The van der Waals surface area contributed by atoms with Crippen LogP contribution in [0.15, 0.2) is 23.8 Å². The first-order valence-corrected chi connectivity index (χ1v) is 13.1. The zero-order valence-electron chi connectivity index (χ0n) is 20.7. The summed E-state index contributed by atoms with van der Waals surface area (Å²) in [5.74, 6) is 5.21. The van der Waals surface area contributed by atoms with E-state index in [-0.39, 0.29) is 6.10 Å². The highest BCUT2D eigenvalue weighted by Gasteiger charge is 2.58. The van der Waals surface area contributed by atoms with Crippen molar-refractivity contribution in [3.63, 3.8) is 0 Å².